The van der Waals surface area contributed by atoms with Crippen molar-refractivity contribution in [2.75, 3.05) is 0 Å². The Bertz CT molecular complexity index is 1000. The lowest BCUT2D eigenvalue weighted by Gasteiger charge is -2.03. The summed E-state index contributed by atoms with van der Waals surface area (Å²) in [6.45, 7) is 27.2. The van der Waals surface area contributed by atoms with Crippen molar-refractivity contribution in [3.05, 3.63) is 106 Å². The number of hydrogen-bond donors (Lipinski definition) is 0. The molecule has 0 saturated carbocycles. The summed E-state index contributed by atoms with van der Waals surface area (Å²) in [5.74, 6) is 0. The fourth-order valence-electron chi connectivity index (χ4n) is 4.36. The second kappa shape index (κ2) is 40.0. The van der Waals surface area contributed by atoms with Crippen LogP contribution < -0.4 is 0 Å². The Morgan fingerprint density at radius 2 is 0.804 bits per heavy atom. The van der Waals surface area contributed by atoms with Gasteiger partial charge in [-0.15, -0.1) is 12.8 Å². The number of allylic oxidation sites excluding steroid dienone is 1. The smallest absolute Gasteiger partial charge is 0.0227 e. The first kappa shape index (κ1) is 49.8. The van der Waals surface area contributed by atoms with E-state index < -0.39 is 0 Å². The zero-order valence-electron chi connectivity index (χ0n) is 32.9. The molecule has 0 unspecified atom stereocenters. The van der Waals surface area contributed by atoms with Gasteiger partial charge in [-0.25, -0.2) is 0 Å². The van der Waals surface area contributed by atoms with Gasteiger partial charge in [0.25, 0.3) is 0 Å². The van der Waals surface area contributed by atoms with Crippen LogP contribution in [-0.2, 0) is 0 Å². The molecule has 0 aromatic heterocycles. The average Bonchev–Trinajstić information content (AvgIpc) is 3.09. The molecule has 0 spiro atoms. The summed E-state index contributed by atoms with van der Waals surface area (Å²) in [4.78, 5) is 0. The van der Waals surface area contributed by atoms with E-state index in [2.05, 4.69) is 140 Å². The van der Waals surface area contributed by atoms with E-state index in [1.807, 2.05) is 41.5 Å². The van der Waals surface area contributed by atoms with E-state index >= 15 is 0 Å². The summed E-state index contributed by atoms with van der Waals surface area (Å²) in [5, 5.41) is 0. The third-order valence-electron chi connectivity index (χ3n) is 6.85. The van der Waals surface area contributed by atoms with Crippen LogP contribution in [0, 0.1) is 40.5 Å². The Kier molecular flexibility index (Phi) is 43.3. The SMILES string of the molecule is C#C.C/C(=C\c1ccc(C)cc1)c1ccc(C)cc1.CC.CC.CC.CCCCCCCCCCCCC.Cc1cccc(C)c1. The highest BCUT2D eigenvalue weighted by molar-refractivity contribution is 5.80. The van der Waals surface area contributed by atoms with Gasteiger partial charge in [0.15, 0.2) is 0 Å². The van der Waals surface area contributed by atoms with E-state index in [9.17, 15) is 0 Å². The summed E-state index contributed by atoms with van der Waals surface area (Å²) in [6.07, 6.45) is 26.2. The van der Waals surface area contributed by atoms with Crippen LogP contribution in [0.2, 0.25) is 0 Å². The lowest BCUT2D eigenvalue weighted by Crippen LogP contribution is -1.81. The monoisotopic (exact) mass is 629 g/mol. The molecule has 0 N–H and O–H groups in total. The Labute approximate surface area is 290 Å². The van der Waals surface area contributed by atoms with Crippen LogP contribution in [0.15, 0.2) is 72.8 Å². The van der Waals surface area contributed by atoms with Crippen LogP contribution in [-0.4, -0.2) is 0 Å². The van der Waals surface area contributed by atoms with Crippen LogP contribution in [0.1, 0.15) is 166 Å². The van der Waals surface area contributed by atoms with Crippen LogP contribution in [0.4, 0.5) is 0 Å². The number of hydrogen-bond acceptors (Lipinski definition) is 0. The first-order valence-corrected chi connectivity index (χ1v) is 18.5. The standard InChI is InChI=1S/C17H18.C13H28.C8H10.3C2H6.C2H2/c1-13-4-8-16(9-5-13)12-15(3)17-10-6-14(2)7-11-17;1-3-5-7-9-11-13-12-10-8-6-4-2;1-7-4-3-5-8(2)6-7;4*1-2/h4-12H,1-3H3;3-13H2,1-2H3;3-6H,1-2H3;3*1-2H3;1-2H/b15-12+;;;;;;. The zero-order chi connectivity index (χ0) is 36.0. The third-order valence-corrected chi connectivity index (χ3v) is 6.85. The molecule has 0 atom stereocenters. The van der Waals surface area contributed by atoms with Gasteiger partial charge in [-0.05, 0) is 51.3 Å². The van der Waals surface area contributed by atoms with Crippen LogP contribution in [0.5, 0.6) is 0 Å². The van der Waals surface area contributed by atoms with Crippen molar-refractivity contribution in [1.82, 2.24) is 0 Å². The molecule has 46 heavy (non-hydrogen) atoms. The van der Waals surface area contributed by atoms with Crippen LogP contribution in [0.3, 0.4) is 0 Å². The number of terminal acetylenes is 1. The van der Waals surface area contributed by atoms with Gasteiger partial charge in [0.1, 0.15) is 0 Å². The largest absolute Gasteiger partial charge is 0.124 e. The molecule has 0 saturated heterocycles. The summed E-state index contributed by atoms with van der Waals surface area (Å²) < 4.78 is 0. The molecule has 260 valence electrons. The van der Waals surface area contributed by atoms with Gasteiger partial charge < -0.3 is 0 Å². The van der Waals surface area contributed by atoms with E-state index in [0.29, 0.717) is 0 Å². The lowest BCUT2D eigenvalue weighted by atomic mass is 10.0. The highest BCUT2D eigenvalue weighted by Crippen LogP contribution is 2.18. The molecule has 0 aliphatic carbocycles. The summed E-state index contributed by atoms with van der Waals surface area (Å²) in [6, 6.07) is 25.7. The molecule has 3 aromatic rings. The molecular weight excluding hydrogens is 553 g/mol. The Balaban J connectivity index is -0.000000270. The average molecular weight is 629 g/mol. The Hall–Kier alpha value is -3.04. The summed E-state index contributed by atoms with van der Waals surface area (Å²) >= 11 is 0. The molecule has 0 radical (unpaired) electrons. The molecule has 0 amide bonds. The molecule has 0 aliphatic heterocycles. The van der Waals surface area contributed by atoms with Crippen molar-refractivity contribution in [3.63, 3.8) is 0 Å². The molecule has 0 bridgehead atoms. The predicted molar refractivity (Wildman–Crippen MR) is 218 cm³/mol. The minimum Gasteiger partial charge on any atom is -0.124 e. The van der Waals surface area contributed by atoms with E-state index in [0.717, 1.165) is 0 Å². The fraction of sp³-hybridized carbons (Fsp3) is 0.522. The quantitative estimate of drug-likeness (QED) is 0.106. The van der Waals surface area contributed by atoms with Gasteiger partial charge in [0, 0.05) is 0 Å². The van der Waals surface area contributed by atoms with Crippen molar-refractivity contribution < 1.29 is 0 Å². The van der Waals surface area contributed by atoms with Crippen molar-refractivity contribution >= 4 is 11.6 Å². The molecular formula is C46H76. The van der Waals surface area contributed by atoms with E-state index in [-0.39, 0.29) is 0 Å². The number of rotatable bonds is 12. The summed E-state index contributed by atoms with van der Waals surface area (Å²) in [5.41, 5.74) is 9.13. The van der Waals surface area contributed by atoms with E-state index in [1.54, 1.807) is 0 Å². The molecule has 3 rings (SSSR count). The minimum absolute atomic E-state index is 1.26. The van der Waals surface area contributed by atoms with Gasteiger partial charge in [-0.1, -0.05) is 227 Å². The first-order valence-electron chi connectivity index (χ1n) is 18.5. The van der Waals surface area contributed by atoms with Gasteiger partial charge in [-0.3, -0.25) is 0 Å². The molecule has 0 heteroatoms. The predicted octanol–water partition coefficient (Wildman–Crippen LogP) is 15.8. The third kappa shape index (κ3) is 32.4. The van der Waals surface area contributed by atoms with Gasteiger partial charge in [-0.2, -0.15) is 0 Å². The van der Waals surface area contributed by atoms with Crippen molar-refractivity contribution in [2.24, 2.45) is 0 Å². The maximum absolute atomic E-state index is 4.00. The molecule has 0 aliphatic rings. The number of aryl methyl sites for hydroxylation is 4. The fourth-order valence-corrected chi connectivity index (χ4v) is 4.36. The Morgan fingerprint density at radius 3 is 1.11 bits per heavy atom. The van der Waals surface area contributed by atoms with E-state index in [4.69, 9.17) is 0 Å². The number of benzene rings is 3. The van der Waals surface area contributed by atoms with Gasteiger partial charge in [0.2, 0.25) is 0 Å². The second-order valence-electron chi connectivity index (χ2n) is 10.9. The summed E-state index contributed by atoms with van der Waals surface area (Å²) in [7, 11) is 0. The van der Waals surface area contributed by atoms with Crippen LogP contribution >= 0.6 is 0 Å². The zero-order valence-corrected chi connectivity index (χ0v) is 32.9. The number of unbranched alkanes of at least 4 members (excludes halogenated alkanes) is 10. The van der Waals surface area contributed by atoms with E-state index in [1.165, 1.54) is 110 Å². The maximum atomic E-state index is 4.00. The molecule has 0 fully saturated rings. The van der Waals surface area contributed by atoms with Gasteiger partial charge >= 0.3 is 0 Å². The van der Waals surface area contributed by atoms with Crippen molar-refractivity contribution in [2.45, 2.75) is 161 Å². The van der Waals surface area contributed by atoms with Crippen molar-refractivity contribution in [3.8, 4) is 12.8 Å². The Morgan fingerprint density at radius 1 is 0.478 bits per heavy atom. The van der Waals surface area contributed by atoms with Gasteiger partial charge in [0.05, 0.1) is 0 Å². The lowest BCUT2D eigenvalue weighted by molar-refractivity contribution is 0.554. The minimum atomic E-state index is 1.26. The molecule has 0 nitrogen and oxygen atoms in total. The van der Waals surface area contributed by atoms with Crippen LogP contribution in [0.25, 0.3) is 11.6 Å². The van der Waals surface area contributed by atoms with Crippen molar-refractivity contribution in [1.29, 1.82) is 0 Å². The highest BCUT2D eigenvalue weighted by Gasteiger charge is 1.96. The molecule has 0 heterocycles. The topological polar surface area (TPSA) is 0 Å². The first-order chi connectivity index (χ1) is 22.3. The molecule has 3 aromatic carbocycles. The maximum Gasteiger partial charge on any atom is -0.0227 e. The second-order valence-corrected chi connectivity index (χ2v) is 10.9. The highest BCUT2D eigenvalue weighted by atomic mass is 14.0. The normalized spacial score (nSPS) is 9.33.